The highest BCUT2D eigenvalue weighted by Gasteiger charge is 2.26. The molecule has 0 aliphatic carbocycles. The first kappa shape index (κ1) is 23.1. The molecule has 0 saturated carbocycles. The van der Waals surface area contributed by atoms with Crippen LogP contribution in [-0.4, -0.2) is 6.04 Å². The van der Waals surface area contributed by atoms with Crippen molar-refractivity contribution in [3.8, 4) is 0 Å². The summed E-state index contributed by atoms with van der Waals surface area (Å²) in [6.45, 7) is 8.97. The molecule has 0 bridgehead atoms. The predicted molar refractivity (Wildman–Crippen MR) is 129 cm³/mol. The van der Waals surface area contributed by atoms with Crippen LogP contribution in [-0.2, 0) is 0 Å². The van der Waals surface area contributed by atoms with Crippen molar-refractivity contribution in [3.63, 3.8) is 0 Å². The van der Waals surface area contributed by atoms with Gasteiger partial charge in [-0.15, -0.1) is 0 Å². The smallest absolute Gasteiger partial charge is 0.262 e. The highest BCUT2D eigenvalue weighted by Crippen LogP contribution is 2.46. The summed E-state index contributed by atoms with van der Waals surface area (Å²) in [5, 5.41) is 2.56. The summed E-state index contributed by atoms with van der Waals surface area (Å²) in [5.74, 6) is 0. The zero-order valence-electron chi connectivity index (χ0n) is 17.7. The van der Waals surface area contributed by atoms with Gasteiger partial charge in [0.1, 0.15) is 4.70 Å². The van der Waals surface area contributed by atoms with Gasteiger partial charge in [0.15, 0.2) is 6.04 Å². The number of aromatic nitrogens is 1. The number of fused-ring (bicyclic) bond motifs is 2. The lowest BCUT2D eigenvalue weighted by molar-refractivity contribution is -0.688. The molecule has 0 fully saturated rings. The van der Waals surface area contributed by atoms with Crippen molar-refractivity contribution in [3.05, 3.63) is 82.9 Å². The van der Waals surface area contributed by atoms with Gasteiger partial charge in [0.05, 0.1) is 10.7 Å². The maximum Gasteiger partial charge on any atom is 0.262 e. The van der Waals surface area contributed by atoms with Gasteiger partial charge in [-0.2, -0.15) is 4.57 Å². The average molecular weight is 547 g/mol. The van der Waals surface area contributed by atoms with Gasteiger partial charge in [0, 0.05) is 23.1 Å². The molecule has 0 N–H and O–H groups in total. The van der Waals surface area contributed by atoms with Crippen LogP contribution in [0.1, 0.15) is 38.7 Å². The Labute approximate surface area is 205 Å². The van der Waals surface area contributed by atoms with Gasteiger partial charge in [-0.25, -0.2) is 0 Å². The molecule has 0 spiro atoms. The standard InChI is InChI=1S/C25H27N2S2.HI/c1-18(2)26-20-12-8-10-14-22(20)28-24(26)16-6-5-7-17-25-27(19(3)4)21-13-9-11-15-23(21)29-25;/h5-19H,1-4H3;1H/q+1;/p-1. The SMILES string of the molecule is CC(C)N1C(=CC=CC=Cc2sc3ccccc3[n+]2C(C)C)Sc2ccccc21.[I-]. The fraction of sp³-hybridized carbons (Fsp3) is 0.240. The summed E-state index contributed by atoms with van der Waals surface area (Å²) >= 11 is 3.69. The molecular formula is C25H27IN2S2. The van der Waals surface area contributed by atoms with Crippen molar-refractivity contribution in [2.45, 2.75) is 44.7 Å². The number of halogens is 1. The van der Waals surface area contributed by atoms with Crippen LogP contribution < -0.4 is 33.4 Å². The summed E-state index contributed by atoms with van der Waals surface area (Å²) in [7, 11) is 0. The van der Waals surface area contributed by atoms with Gasteiger partial charge in [-0.1, -0.05) is 65.6 Å². The van der Waals surface area contributed by atoms with Crippen LogP contribution >= 0.6 is 23.1 Å². The number of thiazole rings is 1. The molecular weight excluding hydrogens is 519 g/mol. The zero-order chi connectivity index (χ0) is 20.4. The van der Waals surface area contributed by atoms with E-state index in [9.17, 15) is 0 Å². The molecule has 0 unspecified atom stereocenters. The maximum atomic E-state index is 2.41. The van der Waals surface area contributed by atoms with Gasteiger partial charge in [0.25, 0.3) is 5.01 Å². The molecule has 1 aromatic heterocycles. The Balaban J connectivity index is 0.00000256. The van der Waals surface area contributed by atoms with E-state index >= 15 is 0 Å². The fourth-order valence-electron chi connectivity index (χ4n) is 3.68. The van der Waals surface area contributed by atoms with Crippen molar-refractivity contribution in [2.24, 2.45) is 0 Å². The Kier molecular flexibility index (Phi) is 7.82. The van der Waals surface area contributed by atoms with Gasteiger partial charge >= 0.3 is 0 Å². The van der Waals surface area contributed by atoms with Crippen molar-refractivity contribution < 1.29 is 28.5 Å². The Bertz CT molecular complexity index is 1110. The van der Waals surface area contributed by atoms with E-state index in [2.05, 4.69) is 116 Å². The first-order valence-corrected chi connectivity index (χ1v) is 11.7. The highest BCUT2D eigenvalue weighted by atomic mass is 127. The normalized spacial score (nSPS) is 15.3. The molecule has 1 aliphatic rings. The molecule has 0 saturated heterocycles. The molecule has 0 amide bonds. The minimum Gasteiger partial charge on any atom is -1.00 e. The third kappa shape index (κ3) is 4.68. The van der Waals surface area contributed by atoms with Crippen molar-refractivity contribution in [2.75, 3.05) is 4.90 Å². The lowest BCUT2D eigenvalue weighted by Gasteiger charge is -2.24. The van der Waals surface area contributed by atoms with Crippen LogP contribution in [0, 0.1) is 0 Å². The Morgan fingerprint density at radius 2 is 1.63 bits per heavy atom. The van der Waals surface area contributed by atoms with Gasteiger partial charge in [-0.3, -0.25) is 0 Å². The third-order valence-electron chi connectivity index (χ3n) is 4.89. The lowest BCUT2D eigenvalue weighted by Crippen LogP contribution is -3.00. The molecule has 0 atom stereocenters. The maximum absolute atomic E-state index is 2.41. The molecule has 2 nitrogen and oxygen atoms in total. The molecule has 2 aromatic carbocycles. The summed E-state index contributed by atoms with van der Waals surface area (Å²) in [6, 6.07) is 18.1. The molecule has 3 aromatic rings. The van der Waals surface area contributed by atoms with Crippen molar-refractivity contribution in [1.29, 1.82) is 0 Å². The monoisotopic (exact) mass is 546 g/mol. The van der Waals surface area contributed by atoms with E-state index in [0.29, 0.717) is 12.1 Å². The molecule has 0 radical (unpaired) electrons. The van der Waals surface area contributed by atoms with Crippen LogP contribution in [0.3, 0.4) is 0 Å². The van der Waals surface area contributed by atoms with Crippen LogP contribution in [0.15, 0.2) is 82.8 Å². The topological polar surface area (TPSA) is 7.12 Å². The van der Waals surface area contributed by atoms with Crippen LogP contribution in [0.2, 0.25) is 0 Å². The number of para-hydroxylation sites is 2. The minimum absolute atomic E-state index is 0. The van der Waals surface area contributed by atoms with E-state index in [-0.39, 0.29) is 24.0 Å². The summed E-state index contributed by atoms with van der Waals surface area (Å²) in [5.41, 5.74) is 2.62. The fourth-order valence-corrected chi connectivity index (χ4v) is 6.07. The number of thioether (sulfide) groups is 1. The summed E-state index contributed by atoms with van der Waals surface area (Å²) in [4.78, 5) is 3.74. The summed E-state index contributed by atoms with van der Waals surface area (Å²) in [6.07, 6.45) is 10.9. The number of benzene rings is 2. The second-order valence-corrected chi connectivity index (χ2v) is 9.78. The molecule has 5 heteroatoms. The second-order valence-electron chi connectivity index (χ2n) is 7.65. The Morgan fingerprint density at radius 1 is 0.900 bits per heavy atom. The second kappa shape index (κ2) is 10.2. The predicted octanol–water partition coefficient (Wildman–Crippen LogP) is 4.21. The van der Waals surface area contributed by atoms with E-state index in [4.69, 9.17) is 0 Å². The van der Waals surface area contributed by atoms with Crippen LogP contribution in [0.4, 0.5) is 5.69 Å². The molecule has 4 rings (SSSR count). The van der Waals surface area contributed by atoms with Gasteiger partial charge in [-0.05, 0) is 52.0 Å². The van der Waals surface area contributed by atoms with E-state index in [0.717, 1.165) is 0 Å². The Hall–Kier alpha value is -1.57. The number of anilines is 1. The molecule has 156 valence electrons. The van der Waals surface area contributed by atoms with Gasteiger partial charge < -0.3 is 28.9 Å². The van der Waals surface area contributed by atoms with Crippen molar-refractivity contribution in [1.82, 2.24) is 0 Å². The van der Waals surface area contributed by atoms with E-state index < -0.39 is 0 Å². The van der Waals surface area contributed by atoms with E-state index in [1.54, 1.807) is 0 Å². The number of rotatable bonds is 5. The number of hydrogen-bond acceptors (Lipinski definition) is 3. The first-order valence-electron chi connectivity index (χ1n) is 10.1. The minimum atomic E-state index is 0. The zero-order valence-corrected chi connectivity index (χ0v) is 21.5. The number of allylic oxidation sites excluding steroid dienone is 4. The van der Waals surface area contributed by atoms with Gasteiger partial charge in [0.2, 0.25) is 5.52 Å². The summed E-state index contributed by atoms with van der Waals surface area (Å²) < 4.78 is 3.74. The number of nitrogens with zero attached hydrogens (tertiary/aromatic N) is 2. The third-order valence-corrected chi connectivity index (χ3v) is 7.10. The Morgan fingerprint density at radius 3 is 2.40 bits per heavy atom. The largest absolute Gasteiger partial charge is 1.00 e. The molecule has 1 aliphatic heterocycles. The van der Waals surface area contributed by atoms with Crippen LogP contribution in [0.5, 0.6) is 0 Å². The lowest BCUT2D eigenvalue weighted by atomic mass is 10.2. The van der Waals surface area contributed by atoms with Crippen LogP contribution in [0.25, 0.3) is 16.3 Å². The number of hydrogen-bond donors (Lipinski definition) is 0. The van der Waals surface area contributed by atoms with E-state index in [1.807, 2.05) is 23.1 Å². The average Bonchev–Trinajstić information content (AvgIpc) is 3.25. The molecule has 30 heavy (non-hydrogen) atoms. The van der Waals surface area contributed by atoms with Crippen molar-refractivity contribution >= 4 is 45.1 Å². The quantitative estimate of drug-likeness (QED) is 0.269. The molecule has 2 heterocycles. The first-order chi connectivity index (χ1) is 14.1. The van der Waals surface area contributed by atoms with E-state index in [1.165, 1.54) is 30.8 Å². The highest BCUT2D eigenvalue weighted by molar-refractivity contribution is 8.03.